The van der Waals surface area contributed by atoms with E-state index >= 15 is 0 Å². The number of carbonyl (C=O) groups is 1. The Morgan fingerprint density at radius 1 is 1.33 bits per heavy atom. The summed E-state index contributed by atoms with van der Waals surface area (Å²) in [6.45, 7) is 1.51. The van der Waals surface area contributed by atoms with Crippen molar-refractivity contribution in [2.24, 2.45) is 0 Å². The minimum Gasteiger partial charge on any atom is -0.467 e. The normalized spacial score (nSPS) is 10.6. The fraction of sp³-hybridized carbons (Fsp3) is 0.118. The fourth-order valence-electron chi connectivity index (χ4n) is 2.42. The van der Waals surface area contributed by atoms with E-state index in [1.54, 1.807) is 19.1 Å². The molecule has 0 spiro atoms. The van der Waals surface area contributed by atoms with Crippen molar-refractivity contribution >= 4 is 17.3 Å². The number of hydrogen-bond donors (Lipinski definition) is 2. The lowest BCUT2D eigenvalue weighted by atomic mass is 10.1. The first kappa shape index (κ1) is 17.9. The Bertz CT molecular complexity index is 1130. The third-order valence-corrected chi connectivity index (χ3v) is 3.88. The zero-order chi connectivity index (χ0) is 19.6. The van der Waals surface area contributed by atoms with E-state index < -0.39 is 22.1 Å². The lowest BCUT2D eigenvalue weighted by Gasteiger charge is -2.09. The van der Waals surface area contributed by atoms with Crippen molar-refractivity contribution in [2.75, 3.05) is 5.32 Å². The molecule has 0 aliphatic heterocycles. The maximum atomic E-state index is 12.5. The Kier molecular flexibility index (Phi) is 4.71. The highest BCUT2D eigenvalue weighted by Gasteiger charge is 2.18. The summed E-state index contributed by atoms with van der Waals surface area (Å²) in [5.41, 5.74) is -1.25. The van der Waals surface area contributed by atoms with Crippen molar-refractivity contribution in [2.45, 2.75) is 13.5 Å². The second kappa shape index (κ2) is 7.12. The molecule has 0 saturated carbocycles. The number of aromatic nitrogens is 2. The Morgan fingerprint density at radius 2 is 2.11 bits per heavy atom. The molecule has 0 aliphatic carbocycles. The smallest absolute Gasteiger partial charge is 0.328 e. The van der Waals surface area contributed by atoms with Gasteiger partial charge >= 0.3 is 5.69 Å². The second-order valence-corrected chi connectivity index (χ2v) is 5.69. The molecule has 10 heteroatoms. The number of carbonyl (C=O) groups excluding carboxylic acids is 1. The number of rotatable bonds is 5. The van der Waals surface area contributed by atoms with E-state index in [2.05, 4.69) is 10.3 Å². The minimum absolute atomic E-state index is 0.141. The third kappa shape index (κ3) is 3.68. The molecule has 0 radical (unpaired) electrons. The van der Waals surface area contributed by atoms with Crippen LogP contribution in [0.1, 0.15) is 21.7 Å². The number of aryl methyl sites for hydroxylation is 1. The first-order chi connectivity index (χ1) is 12.9. The van der Waals surface area contributed by atoms with Gasteiger partial charge in [-0.05, 0) is 24.6 Å². The lowest BCUT2D eigenvalue weighted by Crippen LogP contribution is -2.39. The average Bonchev–Trinajstić information content (AvgIpc) is 3.13. The Morgan fingerprint density at radius 3 is 2.78 bits per heavy atom. The summed E-state index contributed by atoms with van der Waals surface area (Å²) in [5, 5.41) is 13.4. The van der Waals surface area contributed by atoms with Crippen LogP contribution < -0.4 is 16.6 Å². The number of furan rings is 1. The van der Waals surface area contributed by atoms with Crippen molar-refractivity contribution in [1.82, 2.24) is 9.55 Å². The second-order valence-electron chi connectivity index (χ2n) is 5.69. The number of amides is 1. The summed E-state index contributed by atoms with van der Waals surface area (Å²) in [6, 6.07) is 7.18. The van der Waals surface area contributed by atoms with Gasteiger partial charge in [0.15, 0.2) is 0 Å². The Labute approximate surface area is 151 Å². The van der Waals surface area contributed by atoms with E-state index in [4.69, 9.17) is 4.42 Å². The third-order valence-electron chi connectivity index (χ3n) is 3.88. The molecule has 1 amide bonds. The maximum Gasteiger partial charge on any atom is 0.328 e. The van der Waals surface area contributed by atoms with Gasteiger partial charge in [-0.2, -0.15) is 0 Å². The molecule has 3 rings (SSSR count). The van der Waals surface area contributed by atoms with E-state index in [0.717, 1.165) is 10.8 Å². The van der Waals surface area contributed by atoms with Gasteiger partial charge in [0.1, 0.15) is 11.3 Å². The molecule has 0 fully saturated rings. The Balaban J connectivity index is 1.94. The van der Waals surface area contributed by atoms with Crippen LogP contribution in [0.5, 0.6) is 0 Å². The SMILES string of the molecule is Cc1ccc([N+](=O)[O-])cc1NC(=O)c1c[nH]c(=O)n(Cc2ccco2)c1=O. The molecule has 2 aromatic heterocycles. The van der Waals surface area contributed by atoms with Crippen molar-refractivity contribution in [1.29, 1.82) is 0 Å². The van der Waals surface area contributed by atoms with Crippen LogP contribution in [0.3, 0.4) is 0 Å². The summed E-state index contributed by atoms with van der Waals surface area (Å²) < 4.78 is 5.95. The van der Waals surface area contributed by atoms with Gasteiger partial charge < -0.3 is 14.7 Å². The van der Waals surface area contributed by atoms with Crippen molar-refractivity contribution < 1.29 is 14.1 Å². The van der Waals surface area contributed by atoms with Gasteiger partial charge in [-0.25, -0.2) is 4.79 Å². The van der Waals surface area contributed by atoms with Gasteiger partial charge in [0.2, 0.25) is 0 Å². The molecule has 0 atom stereocenters. The number of H-pyrrole nitrogens is 1. The highest BCUT2D eigenvalue weighted by molar-refractivity contribution is 6.04. The number of nitro groups is 1. The Hall–Kier alpha value is -3.95. The van der Waals surface area contributed by atoms with E-state index in [1.807, 2.05) is 0 Å². The number of benzene rings is 1. The van der Waals surface area contributed by atoms with Crippen LogP contribution in [0.2, 0.25) is 0 Å². The van der Waals surface area contributed by atoms with Gasteiger partial charge in [-0.3, -0.25) is 24.3 Å². The van der Waals surface area contributed by atoms with Gasteiger partial charge in [-0.15, -0.1) is 0 Å². The highest BCUT2D eigenvalue weighted by Crippen LogP contribution is 2.22. The molecule has 2 heterocycles. The van der Waals surface area contributed by atoms with E-state index in [9.17, 15) is 24.5 Å². The van der Waals surface area contributed by atoms with Crippen molar-refractivity contribution in [3.8, 4) is 0 Å². The van der Waals surface area contributed by atoms with Crippen molar-refractivity contribution in [3.05, 3.63) is 90.6 Å². The molecule has 0 bridgehead atoms. The van der Waals surface area contributed by atoms with Crippen LogP contribution in [0, 0.1) is 17.0 Å². The summed E-state index contributed by atoms with van der Waals surface area (Å²) in [7, 11) is 0. The highest BCUT2D eigenvalue weighted by atomic mass is 16.6. The van der Waals surface area contributed by atoms with E-state index in [-0.39, 0.29) is 23.5 Å². The first-order valence-corrected chi connectivity index (χ1v) is 7.78. The number of nitrogens with zero attached hydrogens (tertiary/aromatic N) is 2. The van der Waals surface area contributed by atoms with Gasteiger partial charge in [0, 0.05) is 18.3 Å². The molecule has 0 saturated heterocycles. The van der Waals surface area contributed by atoms with Crippen molar-refractivity contribution in [3.63, 3.8) is 0 Å². The molecular weight excluding hydrogens is 356 g/mol. The maximum absolute atomic E-state index is 12.5. The zero-order valence-corrected chi connectivity index (χ0v) is 14.1. The quantitative estimate of drug-likeness (QED) is 0.517. The minimum atomic E-state index is -0.810. The monoisotopic (exact) mass is 370 g/mol. The molecule has 1 aromatic carbocycles. The van der Waals surface area contributed by atoms with Crippen LogP contribution in [0.4, 0.5) is 11.4 Å². The molecule has 27 heavy (non-hydrogen) atoms. The van der Waals surface area contributed by atoms with Crippen LogP contribution in [-0.4, -0.2) is 20.4 Å². The van der Waals surface area contributed by atoms with Gasteiger partial charge in [0.25, 0.3) is 17.2 Å². The van der Waals surface area contributed by atoms with Crippen LogP contribution in [0.25, 0.3) is 0 Å². The summed E-state index contributed by atoms with van der Waals surface area (Å²) in [6.07, 6.45) is 2.40. The molecular formula is C17H14N4O6. The summed E-state index contributed by atoms with van der Waals surface area (Å²) >= 11 is 0. The molecule has 0 aliphatic rings. The predicted molar refractivity (Wildman–Crippen MR) is 94.9 cm³/mol. The van der Waals surface area contributed by atoms with E-state index in [1.165, 1.54) is 24.5 Å². The van der Waals surface area contributed by atoms with Crippen LogP contribution in [0.15, 0.2) is 56.8 Å². The first-order valence-electron chi connectivity index (χ1n) is 7.78. The van der Waals surface area contributed by atoms with Gasteiger partial charge in [-0.1, -0.05) is 6.07 Å². The van der Waals surface area contributed by atoms with Crippen LogP contribution in [-0.2, 0) is 6.54 Å². The van der Waals surface area contributed by atoms with E-state index in [0.29, 0.717) is 11.3 Å². The largest absolute Gasteiger partial charge is 0.467 e. The molecule has 3 aromatic rings. The number of hydrogen-bond acceptors (Lipinski definition) is 6. The standard InChI is InChI=1S/C17H14N4O6/c1-10-4-5-11(21(25)26)7-14(10)19-15(22)13-8-18-17(24)20(16(13)23)9-12-3-2-6-27-12/h2-8H,9H2,1H3,(H,18,24)(H,19,22). The predicted octanol–water partition coefficient (Wildman–Crippen LogP) is 1.65. The number of aromatic amines is 1. The van der Waals surface area contributed by atoms with Crippen LogP contribution >= 0.6 is 0 Å². The fourth-order valence-corrected chi connectivity index (χ4v) is 2.42. The van der Waals surface area contributed by atoms with Gasteiger partial charge in [0.05, 0.1) is 23.4 Å². The number of anilines is 1. The molecule has 0 unspecified atom stereocenters. The number of nitrogens with one attached hydrogen (secondary N) is 2. The zero-order valence-electron chi connectivity index (χ0n) is 14.1. The molecule has 10 nitrogen and oxygen atoms in total. The topological polar surface area (TPSA) is 140 Å². The number of non-ortho nitro benzene ring substituents is 1. The summed E-state index contributed by atoms with van der Waals surface area (Å²) in [5.74, 6) is -0.428. The number of nitro benzene ring substituents is 1. The summed E-state index contributed by atoms with van der Waals surface area (Å²) in [4.78, 5) is 49.6. The lowest BCUT2D eigenvalue weighted by molar-refractivity contribution is -0.384. The average molecular weight is 370 g/mol. The molecule has 2 N–H and O–H groups in total. The molecule has 138 valence electrons.